The lowest BCUT2D eigenvalue weighted by Gasteiger charge is -2.17. The molecule has 108 valence electrons. The molecule has 0 saturated carbocycles. The SMILES string of the molecule is CCS(=O)(=O)CCN1C(=O)Cc2ccc(C(=O)O)cc21. The quantitative estimate of drug-likeness (QED) is 0.864. The Labute approximate surface area is 116 Å². The first-order valence-electron chi connectivity index (χ1n) is 6.21. The highest BCUT2D eigenvalue weighted by Crippen LogP contribution is 2.29. The van der Waals surface area contributed by atoms with Crippen molar-refractivity contribution in [2.45, 2.75) is 13.3 Å². The van der Waals surface area contributed by atoms with Crippen LogP contribution in [0, 0.1) is 0 Å². The molecule has 1 aliphatic heterocycles. The fourth-order valence-corrected chi connectivity index (χ4v) is 2.86. The molecule has 0 atom stereocenters. The van der Waals surface area contributed by atoms with Gasteiger partial charge >= 0.3 is 5.97 Å². The van der Waals surface area contributed by atoms with Crippen molar-refractivity contribution < 1.29 is 23.1 Å². The second-order valence-corrected chi connectivity index (χ2v) is 7.08. The minimum Gasteiger partial charge on any atom is -0.478 e. The number of benzene rings is 1. The highest BCUT2D eigenvalue weighted by molar-refractivity contribution is 7.91. The summed E-state index contributed by atoms with van der Waals surface area (Å²) >= 11 is 0. The highest BCUT2D eigenvalue weighted by atomic mass is 32.2. The third-order valence-corrected chi connectivity index (χ3v) is 5.02. The normalized spacial score (nSPS) is 14.4. The smallest absolute Gasteiger partial charge is 0.335 e. The van der Waals surface area contributed by atoms with Crippen LogP contribution in [0.4, 0.5) is 5.69 Å². The molecule has 0 unspecified atom stereocenters. The Morgan fingerprint density at radius 3 is 2.70 bits per heavy atom. The van der Waals surface area contributed by atoms with Gasteiger partial charge in [0.05, 0.1) is 17.7 Å². The first-order valence-corrected chi connectivity index (χ1v) is 8.03. The average Bonchev–Trinajstić information content (AvgIpc) is 2.71. The molecule has 0 aliphatic carbocycles. The van der Waals surface area contributed by atoms with Crippen LogP contribution >= 0.6 is 0 Å². The predicted molar refractivity (Wildman–Crippen MR) is 73.8 cm³/mol. The molecular weight excluding hydrogens is 282 g/mol. The van der Waals surface area contributed by atoms with Gasteiger partial charge in [-0.3, -0.25) is 4.79 Å². The molecule has 0 spiro atoms. The maximum atomic E-state index is 11.9. The molecule has 1 aliphatic rings. The zero-order chi connectivity index (χ0) is 14.9. The number of anilines is 1. The fraction of sp³-hybridized carbons (Fsp3) is 0.385. The maximum Gasteiger partial charge on any atom is 0.335 e. The van der Waals surface area contributed by atoms with Crippen molar-refractivity contribution in [3.05, 3.63) is 29.3 Å². The summed E-state index contributed by atoms with van der Waals surface area (Å²) in [6.45, 7) is 1.61. The first kappa shape index (κ1) is 14.5. The molecule has 0 radical (unpaired) electrons. The van der Waals surface area contributed by atoms with Crippen molar-refractivity contribution in [3.8, 4) is 0 Å². The molecule has 1 aromatic rings. The molecule has 2 rings (SSSR count). The van der Waals surface area contributed by atoms with Crippen LogP contribution in [0.2, 0.25) is 0 Å². The summed E-state index contributed by atoms with van der Waals surface area (Å²) in [5.74, 6) is -1.37. The molecule has 1 heterocycles. The van der Waals surface area contributed by atoms with E-state index in [2.05, 4.69) is 0 Å². The summed E-state index contributed by atoms with van der Waals surface area (Å²) in [7, 11) is -3.17. The van der Waals surface area contributed by atoms with E-state index in [1.54, 1.807) is 13.0 Å². The van der Waals surface area contributed by atoms with Crippen LogP contribution in [-0.4, -0.2) is 43.5 Å². The van der Waals surface area contributed by atoms with Crippen molar-refractivity contribution in [2.75, 3.05) is 23.0 Å². The molecule has 6 nitrogen and oxygen atoms in total. The van der Waals surface area contributed by atoms with E-state index in [-0.39, 0.29) is 35.9 Å². The zero-order valence-electron chi connectivity index (χ0n) is 11.0. The summed E-state index contributed by atoms with van der Waals surface area (Å²) in [4.78, 5) is 24.2. The van der Waals surface area contributed by atoms with Crippen molar-refractivity contribution in [1.29, 1.82) is 0 Å². The Balaban J connectivity index is 2.27. The van der Waals surface area contributed by atoms with Crippen LogP contribution < -0.4 is 4.90 Å². The average molecular weight is 297 g/mol. The number of amides is 1. The van der Waals surface area contributed by atoms with Gasteiger partial charge in [0, 0.05) is 18.0 Å². The number of hydrogen-bond acceptors (Lipinski definition) is 4. The summed E-state index contributed by atoms with van der Waals surface area (Å²) < 4.78 is 23.0. The van der Waals surface area contributed by atoms with Gasteiger partial charge in [-0.2, -0.15) is 0 Å². The van der Waals surface area contributed by atoms with Crippen molar-refractivity contribution >= 4 is 27.4 Å². The largest absolute Gasteiger partial charge is 0.478 e. The van der Waals surface area contributed by atoms with Crippen molar-refractivity contribution in [2.24, 2.45) is 0 Å². The Bertz CT molecular complexity index is 665. The molecule has 20 heavy (non-hydrogen) atoms. The van der Waals surface area contributed by atoms with Crippen LogP contribution in [0.25, 0.3) is 0 Å². The molecule has 1 N–H and O–H groups in total. The van der Waals surface area contributed by atoms with Crippen LogP contribution in [0.3, 0.4) is 0 Å². The molecule has 0 saturated heterocycles. The number of rotatable bonds is 5. The summed E-state index contributed by atoms with van der Waals surface area (Å²) in [5.41, 5.74) is 1.32. The number of carbonyl (C=O) groups excluding carboxylic acids is 1. The Kier molecular flexibility index (Phi) is 3.80. The fourth-order valence-electron chi connectivity index (χ4n) is 2.11. The topological polar surface area (TPSA) is 91.8 Å². The number of carboxylic acids is 1. The number of aromatic carboxylic acids is 1. The van der Waals surface area contributed by atoms with Gasteiger partial charge in [-0.15, -0.1) is 0 Å². The van der Waals surface area contributed by atoms with Gasteiger partial charge in [-0.05, 0) is 17.7 Å². The lowest BCUT2D eigenvalue weighted by Crippen LogP contribution is -2.32. The third-order valence-electron chi connectivity index (χ3n) is 3.33. The lowest BCUT2D eigenvalue weighted by atomic mass is 10.1. The number of fused-ring (bicyclic) bond motifs is 1. The van der Waals surface area contributed by atoms with Gasteiger partial charge in [-0.1, -0.05) is 13.0 Å². The zero-order valence-corrected chi connectivity index (χ0v) is 11.8. The number of carboxylic acid groups (broad SMARTS) is 1. The molecule has 0 fully saturated rings. The van der Waals surface area contributed by atoms with Gasteiger partial charge in [0.25, 0.3) is 0 Å². The standard InChI is InChI=1S/C13H15NO5S/c1-2-20(18,19)6-5-14-11-7-10(13(16)17)4-3-9(11)8-12(14)15/h3-4,7H,2,5-6,8H2,1H3,(H,16,17). The number of hydrogen-bond donors (Lipinski definition) is 1. The van der Waals surface area contributed by atoms with E-state index in [0.29, 0.717) is 5.69 Å². The van der Waals surface area contributed by atoms with E-state index >= 15 is 0 Å². The van der Waals surface area contributed by atoms with E-state index in [1.807, 2.05) is 0 Å². The Hall–Kier alpha value is -1.89. The minimum absolute atomic E-state index is 0.0249. The van der Waals surface area contributed by atoms with E-state index in [0.717, 1.165) is 5.56 Å². The third kappa shape index (κ3) is 2.82. The number of nitrogens with zero attached hydrogens (tertiary/aromatic N) is 1. The number of carbonyl (C=O) groups is 2. The van der Waals surface area contributed by atoms with Crippen molar-refractivity contribution in [1.82, 2.24) is 0 Å². The minimum atomic E-state index is -3.17. The molecule has 7 heteroatoms. The summed E-state index contributed by atoms with van der Waals surface area (Å²) in [6.07, 6.45) is 0.182. The van der Waals surface area contributed by atoms with Crippen LogP contribution in [0.5, 0.6) is 0 Å². The van der Waals surface area contributed by atoms with Gasteiger partial charge < -0.3 is 10.0 Å². The predicted octanol–water partition coefficient (Wildman–Crippen LogP) is 0.709. The molecular formula is C13H15NO5S. The summed E-state index contributed by atoms with van der Waals surface area (Å²) in [6, 6.07) is 4.47. The first-order chi connectivity index (χ1) is 9.34. The Morgan fingerprint density at radius 2 is 2.10 bits per heavy atom. The second-order valence-electron chi connectivity index (χ2n) is 4.61. The Morgan fingerprint density at radius 1 is 1.40 bits per heavy atom. The summed E-state index contributed by atoms with van der Waals surface area (Å²) in [5, 5.41) is 8.97. The monoisotopic (exact) mass is 297 g/mol. The van der Waals surface area contributed by atoms with Gasteiger partial charge in [0.1, 0.15) is 0 Å². The van der Waals surface area contributed by atoms with Crippen molar-refractivity contribution in [3.63, 3.8) is 0 Å². The van der Waals surface area contributed by atoms with Crippen LogP contribution in [-0.2, 0) is 21.1 Å². The lowest BCUT2D eigenvalue weighted by molar-refractivity contribution is -0.117. The second kappa shape index (κ2) is 5.24. The van der Waals surface area contributed by atoms with E-state index in [4.69, 9.17) is 5.11 Å². The number of sulfone groups is 1. The maximum absolute atomic E-state index is 11.9. The van der Waals surface area contributed by atoms with Crippen LogP contribution in [0.15, 0.2) is 18.2 Å². The molecule has 0 aromatic heterocycles. The van der Waals surface area contributed by atoms with E-state index in [1.165, 1.54) is 17.0 Å². The molecule has 1 amide bonds. The molecule has 0 bridgehead atoms. The van der Waals surface area contributed by atoms with Gasteiger partial charge in [-0.25, -0.2) is 13.2 Å². The molecule has 1 aromatic carbocycles. The highest BCUT2D eigenvalue weighted by Gasteiger charge is 2.28. The van der Waals surface area contributed by atoms with E-state index < -0.39 is 15.8 Å². The van der Waals surface area contributed by atoms with Gasteiger partial charge in [0.15, 0.2) is 9.84 Å². The van der Waals surface area contributed by atoms with E-state index in [9.17, 15) is 18.0 Å². The van der Waals surface area contributed by atoms with Crippen LogP contribution in [0.1, 0.15) is 22.8 Å². The van der Waals surface area contributed by atoms with Gasteiger partial charge in [0.2, 0.25) is 5.91 Å².